The second-order valence-corrected chi connectivity index (χ2v) is 5.13. The molecule has 4 N–H and O–H groups in total. The van der Waals surface area contributed by atoms with Gasteiger partial charge in [0.1, 0.15) is 0 Å². The maximum Gasteiger partial charge on any atom is 0.338 e. The summed E-state index contributed by atoms with van der Waals surface area (Å²) >= 11 is 0. The SMILES string of the molecule is CC(C)NC(=O)NCc1ccc(C(=O)OC(C)C(N)=O)cc1. The minimum Gasteiger partial charge on any atom is -0.449 e. The molecule has 0 aliphatic rings. The van der Waals surface area contributed by atoms with Gasteiger partial charge in [-0.1, -0.05) is 12.1 Å². The van der Waals surface area contributed by atoms with Crippen LogP contribution in [0.1, 0.15) is 36.7 Å². The van der Waals surface area contributed by atoms with Crippen molar-refractivity contribution in [3.63, 3.8) is 0 Å². The Morgan fingerprint density at radius 2 is 1.73 bits per heavy atom. The molecule has 0 radical (unpaired) electrons. The number of rotatable bonds is 6. The van der Waals surface area contributed by atoms with Gasteiger partial charge in [0.15, 0.2) is 6.10 Å². The van der Waals surface area contributed by atoms with Crippen molar-refractivity contribution in [2.24, 2.45) is 5.73 Å². The lowest BCUT2D eigenvalue weighted by Crippen LogP contribution is -2.39. The van der Waals surface area contributed by atoms with Gasteiger partial charge in [0.2, 0.25) is 0 Å². The van der Waals surface area contributed by atoms with Crippen LogP contribution in [0.2, 0.25) is 0 Å². The fourth-order valence-corrected chi connectivity index (χ4v) is 1.54. The van der Waals surface area contributed by atoms with Crippen LogP contribution >= 0.6 is 0 Å². The lowest BCUT2D eigenvalue weighted by atomic mass is 10.1. The van der Waals surface area contributed by atoms with E-state index in [9.17, 15) is 14.4 Å². The highest BCUT2D eigenvalue weighted by Gasteiger charge is 2.15. The van der Waals surface area contributed by atoms with Crippen molar-refractivity contribution in [3.05, 3.63) is 35.4 Å². The summed E-state index contributed by atoms with van der Waals surface area (Å²) in [7, 11) is 0. The molecule has 0 fully saturated rings. The number of benzene rings is 1. The van der Waals surface area contributed by atoms with Gasteiger partial charge in [-0.05, 0) is 38.5 Å². The lowest BCUT2D eigenvalue weighted by Gasteiger charge is -2.11. The number of nitrogens with one attached hydrogen (secondary N) is 2. The van der Waals surface area contributed by atoms with Gasteiger partial charge in [0.25, 0.3) is 5.91 Å². The molecule has 0 saturated heterocycles. The third-order valence-electron chi connectivity index (χ3n) is 2.75. The molecule has 3 amide bonds. The summed E-state index contributed by atoms with van der Waals surface area (Å²) in [4.78, 5) is 34.0. The number of nitrogens with two attached hydrogens (primary N) is 1. The van der Waals surface area contributed by atoms with Crippen molar-refractivity contribution in [1.29, 1.82) is 0 Å². The van der Waals surface area contributed by atoms with Crippen LogP contribution in [0.5, 0.6) is 0 Å². The number of hydrogen-bond acceptors (Lipinski definition) is 4. The monoisotopic (exact) mass is 307 g/mol. The Balaban J connectivity index is 2.54. The van der Waals surface area contributed by atoms with Crippen molar-refractivity contribution in [2.45, 2.75) is 39.5 Å². The van der Waals surface area contributed by atoms with E-state index in [-0.39, 0.29) is 12.1 Å². The van der Waals surface area contributed by atoms with E-state index in [0.717, 1.165) is 5.56 Å². The third kappa shape index (κ3) is 5.82. The predicted octanol–water partition coefficient (Wildman–Crippen LogP) is 0.925. The van der Waals surface area contributed by atoms with Gasteiger partial charge in [0.05, 0.1) is 5.56 Å². The van der Waals surface area contributed by atoms with Crippen LogP contribution in [-0.2, 0) is 16.1 Å². The molecule has 7 heteroatoms. The summed E-state index contributed by atoms with van der Waals surface area (Å²) < 4.78 is 4.89. The van der Waals surface area contributed by atoms with Crippen molar-refractivity contribution in [1.82, 2.24) is 10.6 Å². The number of carbonyl (C=O) groups is 3. The smallest absolute Gasteiger partial charge is 0.338 e. The van der Waals surface area contributed by atoms with Gasteiger partial charge >= 0.3 is 12.0 Å². The summed E-state index contributed by atoms with van der Waals surface area (Å²) in [5.41, 5.74) is 6.17. The van der Waals surface area contributed by atoms with Gasteiger partial charge in [-0.3, -0.25) is 4.79 Å². The maximum absolute atomic E-state index is 11.7. The van der Waals surface area contributed by atoms with Gasteiger partial charge in [-0.15, -0.1) is 0 Å². The van der Waals surface area contributed by atoms with Gasteiger partial charge in [0, 0.05) is 12.6 Å². The first-order valence-electron chi connectivity index (χ1n) is 6.93. The molecule has 0 aromatic heterocycles. The van der Waals surface area contributed by atoms with Crippen LogP contribution in [0.25, 0.3) is 0 Å². The standard InChI is InChI=1S/C15H21N3O4/c1-9(2)18-15(21)17-8-11-4-6-12(7-5-11)14(20)22-10(3)13(16)19/h4-7,9-10H,8H2,1-3H3,(H2,16,19)(H2,17,18,21). The third-order valence-corrected chi connectivity index (χ3v) is 2.75. The molecule has 0 bridgehead atoms. The first-order valence-corrected chi connectivity index (χ1v) is 6.93. The molecule has 22 heavy (non-hydrogen) atoms. The number of carbonyl (C=O) groups excluding carboxylic acids is 3. The second kappa shape index (κ2) is 8.02. The van der Waals surface area contributed by atoms with E-state index in [1.807, 2.05) is 13.8 Å². The van der Waals surface area contributed by atoms with E-state index in [4.69, 9.17) is 10.5 Å². The number of primary amides is 1. The molecule has 0 aliphatic heterocycles. The summed E-state index contributed by atoms with van der Waals surface area (Å²) in [5, 5.41) is 5.41. The minimum atomic E-state index is -0.978. The van der Waals surface area contributed by atoms with Crippen LogP contribution in [0.15, 0.2) is 24.3 Å². The number of urea groups is 1. The van der Waals surface area contributed by atoms with Crippen molar-refractivity contribution < 1.29 is 19.1 Å². The number of ether oxygens (including phenoxy) is 1. The molecule has 1 atom stereocenters. The topological polar surface area (TPSA) is 111 Å². The van der Waals surface area contributed by atoms with Gasteiger partial charge < -0.3 is 21.1 Å². The van der Waals surface area contributed by atoms with Crippen molar-refractivity contribution >= 4 is 17.9 Å². The molecule has 7 nitrogen and oxygen atoms in total. The molecule has 1 unspecified atom stereocenters. The molecule has 0 aliphatic carbocycles. The Hall–Kier alpha value is -2.57. The summed E-state index contributed by atoms with van der Waals surface area (Å²) in [5.74, 6) is -1.33. The van der Waals surface area contributed by atoms with Crippen LogP contribution in [0, 0.1) is 0 Å². The molecule has 120 valence electrons. The normalized spacial score (nSPS) is 11.6. The largest absolute Gasteiger partial charge is 0.449 e. The van der Waals surface area contributed by atoms with Crippen LogP contribution in [0.3, 0.4) is 0 Å². The highest BCUT2D eigenvalue weighted by Crippen LogP contribution is 2.07. The minimum absolute atomic E-state index is 0.0596. The molecule has 0 saturated carbocycles. The van der Waals surface area contributed by atoms with E-state index in [2.05, 4.69) is 10.6 Å². The Labute approximate surface area is 129 Å². The zero-order valence-electron chi connectivity index (χ0n) is 12.9. The van der Waals surface area contributed by atoms with Gasteiger partial charge in [-0.25, -0.2) is 9.59 Å². The maximum atomic E-state index is 11.7. The van der Waals surface area contributed by atoms with Crippen molar-refractivity contribution in [3.8, 4) is 0 Å². The Morgan fingerprint density at radius 1 is 1.14 bits per heavy atom. The fourth-order valence-electron chi connectivity index (χ4n) is 1.54. The molecular weight excluding hydrogens is 286 g/mol. The molecule has 0 spiro atoms. The van der Waals surface area contributed by atoms with Crippen LogP contribution < -0.4 is 16.4 Å². The summed E-state index contributed by atoms with van der Waals surface area (Å²) in [6, 6.07) is 6.32. The Kier molecular flexibility index (Phi) is 6.37. The molecule has 1 aromatic rings. The fraction of sp³-hybridized carbons (Fsp3) is 0.400. The highest BCUT2D eigenvalue weighted by atomic mass is 16.5. The predicted molar refractivity (Wildman–Crippen MR) is 81.0 cm³/mol. The second-order valence-electron chi connectivity index (χ2n) is 5.13. The number of hydrogen-bond donors (Lipinski definition) is 3. The number of esters is 1. The molecule has 1 aromatic carbocycles. The lowest BCUT2D eigenvalue weighted by molar-refractivity contribution is -0.125. The van der Waals surface area contributed by atoms with E-state index in [1.165, 1.54) is 6.92 Å². The van der Waals surface area contributed by atoms with Gasteiger partial charge in [-0.2, -0.15) is 0 Å². The van der Waals surface area contributed by atoms with E-state index in [0.29, 0.717) is 12.1 Å². The highest BCUT2D eigenvalue weighted by molar-refractivity contribution is 5.91. The molecular formula is C15H21N3O4. The Morgan fingerprint density at radius 3 is 2.23 bits per heavy atom. The van der Waals surface area contributed by atoms with Crippen LogP contribution in [-0.4, -0.2) is 30.1 Å². The zero-order chi connectivity index (χ0) is 16.7. The van der Waals surface area contributed by atoms with Crippen LogP contribution in [0.4, 0.5) is 4.79 Å². The van der Waals surface area contributed by atoms with E-state index in [1.54, 1.807) is 24.3 Å². The molecule has 0 heterocycles. The first-order chi connectivity index (χ1) is 10.3. The first kappa shape index (κ1) is 17.5. The van der Waals surface area contributed by atoms with E-state index < -0.39 is 18.0 Å². The Bertz CT molecular complexity index is 540. The average Bonchev–Trinajstić information content (AvgIpc) is 2.44. The average molecular weight is 307 g/mol. The summed E-state index contributed by atoms with van der Waals surface area (Å²) in [6.45, 7) is 5.48. The van der Waals surface area contributed by atoms with E-state index >= 15 is 0 Å². The summed E-state index contributed by atoms with van der Waals surface area (Å²) in [6.07, 6.45) is -0.978. The zero-order valence-corrected chi connectivity index (χ0v) is 12.9. The quantitative estimate of drug-likeness (QED) is 0.679. The molecule has 1 rings (SSSR count). The van der Waals surface area contributed by atoms with Crippen molar-refractivity contribution in [2.75, 3.05) is 0 Å². The number of amides is 3.